The molecule has 2 nitrogen and oxygen atoms in total. The molecule has 1 aliphatic carbocycles. The first-order valence-electron chi connectivity index (χ1n) is 10.5. The van der Waals surface area contributed by atoms with Gasteiger partial charge in [0.15, 0.2) is 0 Å². The van der Waals surface area contributed by atoms with Crippen molar-refractivity contribution in [1.82, 2.24) is 10.2 Å². The third-order valence-electron chi connectivity index (χ3n) is 6.96. The molecule has 1 aromatic carbocycles. The van der Waals surface area contributed by atoms with Crippen molar-refractivity contribution in [2.75, 3.05) is 26.2 Å². The van der Waals surface area contributed by atoms with Gasteiger partial charge in [0, 0.05) is 25.0 Å². The molecular formula is C22H33FN2. The molecule has 0 radical (unpaired) electrons. The summed E-state index contributed by atoms with van der Waals surface area (Å²) >= 11 is 0. The Morgan fingerprint density at radius 3 is 2.52 bits per heavy atom. The smallest absolute Gasteiger partial charge is 0.127 e. The van der Waals surface area contributed by atoms with Crippen LogP contribution in [0.25, 0.3) is 0 Å². The summed E-state index contributed by atoms with van der Waals surface area (Å²) in [6, 6.07) is 5.62. The second-order valence-corrected chi connectivity index (χ2v) is 8.67. The number of fused-ring (bicyclic) bond motifs is 2. The normalized spacial score (nSPS) is 25.3. The molecule has 1 spiro atoms. The Morgan fingerprint density at radius 2 is 1.76 bits per heavy atom. The van der Waals surface area contributed by atoms with E-state index in [4.69, 9.17) is 0 Å². The summed E-state index contributed by atoms with van der Waals surface area (Å²) in [6.07, 6.45) is 12.2. The molecule has 25 heavy (non-hydrogen) atoms. The van der Waals surface area contributed by atoms with E-state index in [0.29, 0.717) is 0 Å². The third-order valence-corrected chi connectivity index (χ3v) is 6.96. The zero-order valence-electron chi connectivity index (χ0n) is 15.5. The Labute approximate surface area is 152 Å². The maximum Gasteiger partial charge on any atom is 0.127 e. The molecule has 1 aromatic rings. The predicted octanol–water partition coefficient (Wildman–Crippen LogP) is 4.62. The molecule has 0 amide bonds. The van der Waals surface area contributed by atoms with Gasteiger partial charge in [0.05, 0.1) is 0 Å². The average Bonchev–Trinajstić information content (AvgIpc) is 2.59. The van der Waals surface area contributed by atoms with E-state index in [0.717, 1.165) is 50.5 Å². The topological polar surface area (TPSA) is 15.3 Å². The molecule has 2 heterocycles. The number of likely N-dealkylation sites (tertiary alicyclic amines) is 1. The monoisotopic (exact) mass is 344 g/mol. The zero-order chi connectivity index (χ0) is 17.1. The number of hydrogen-bond acceptors (Lipinski definition) is 2. The summed E-state index contributed by atoms with van der Waals surface area (Å²) in [6.45, 7) is 5.30. The van der Waals surface area contributed by atoms with Crippen molar-refractivity contribution in [3.8, 4) is 0 Å². The van der Waals surface area contributed by atoms with Gasteiger partial charge in [-0.2, -0.15) is 0 Å². The van der Waals surface area contributed by atoms with Crippen molar-refractivity contribution in [1.29, 1.82) is 0 Å². The lowest BCUT2D eigenvalue weighted by atomic mass is 9.69. The van der Waals surface area contributed by atoms with Crippen LogP contribution in [0.15, 0.2) is 18.2 Å². The summed E-state index contributed by atoms with van der Waals surface area (Å²) in [4.78, 5) is 2.67. The molecule has 0 unspecified atom stereocenters. The van der Waals surface area contributed by atoms with Crippen LogP contribution in [0.5, 0.6) is 0 Å². The van der Waals surface area contributed by atoms with E-state index >= 15 is 0 Å². The molecule has 2 aliphatic heterocycles. The van der Waals surface area contributed by atoms with Crippen LogP contribution in [-0.4, -0.2) is 31.1 Å². The lowest BCUT2D eigenvalue weighted by Gasteiger charge is -2.46. The molecule has 3 heteroatoms. The Balaban J connectivity index is 1.40. The fourth-order valence-corrected chi connectivity index (χ4v) is 5.51. The van der Waals surface area contributed by atoms with Gasteiger partial charge in [-0.3, -0.25) is 0 Å². The number of benzene rings is 1. The van der Waals surface area contributed by atoms with Gasteiger partial charge < -0.3 is 10.2 Å². The standard InChI is InChI=1S/C22H33FN2/c23-20-10-6-9-19-15-24-17-22(21(19)20)11-13-25(14-12-22)16-18-7-4-2-1-3-5-8-18/h6,9-10,18,24H,1-5,7-8,11-17H2. The van der Waals surface area contributed by atoms with Gasteiger partial charge in [-0.15, -0.1) is 0 Å². The number of piperidine rings is 1. The lowest BCUT2D eigenvalue weighted by molar-refractivity contribution is 0.123. The average molecular weight is 345 g/mol. The molecule has 2 fully saturated rings. The number of hydrogen-bond donors (Lipinski definition) is 1. The highest BCUT2D eigenvalue weighted by Crippen LogP contribution is 2.41. The predicted molar refractivity (Wildman–Crippen MR) is 101 cm³/mol. The number of rotatable bonds is 2. The first kappa shape index (κ1) is 17.5. The van der Waals surface area contributed by atoms with E-state index in [1.807, 2.05) is 6.07 Å². The van der Waals surface area contributed by atoms with E-state index in [1.54, 1.807) is 6.07 Å². The van der Waals surface area contributed by atoms with Gasteiger partial charge in [0.25, 0.3) is 0 Å². The van der Waals surface area contributed by atoms with Crippen LogP contribution in [0.4, 0.5) is 4.39 Å². The molecule has 0 aromatic heterocycles. The molecule has 0 atom stereocenters. The van der Waals surface area contributed by atoms with Crippen LogP contribution in [0.2, 0.25) is 0 Å². The van der Waals surface area contributed by atoms with Crippen molar-refractivity contribution in [2.45, 2.75) is 69.7 Å². The van der Waals surface area contributed by atoms with Crippen LogP contribution >= 0.6 is 0 Å². The van der Waals surface area contributed by atoms with Crippen LogP contribution in [0, 0.1) is 11.7 Å². The number of nitrogens with zero attached hydrogens (tertiary/aromatic N) is 1. The largest absolute Gasteiger partial charge is 0.312 e. The van der Waals surface area contributed by atoms with Crippen LogP contribution in [0.3, 0.4) is 0 Å². The van der Waals surface area contributed by atoms with Crippen LogP contribution in [-0.2, 0) is 12.0 Å². The Hall–Kier alpha value is -0.930. The molecule has 0 bridgehead atoms. The van der Waals surface area contributed by atoms with Gasteiger partial charge in [-0.05, 0) is 61.9 Å². The maximum absolute atomic E-state index is 14.6. The minimum Gasteiger partial charge on any atom is -0.312 e. The van der Waals surface area contributed by atoms with E-state index in [-0.39, 0.29) is 11.2 Å². The van der Waals surface area contributed by atoms with E-state index in [1.165, 1.54) is 57.1 Å². The molecule has 4 rings (SSSR count). The summed E-state index contributed by atoms with van der Waals surface area (Å²) in [5.74, 6) is 0.912. The first-order valence-corrected chi connectivity index (χ1v) is 10.5. The van der Waals surface area contributed by atoms with Crippen molar-refractivity contribution in [3.63, 3.8) is 0 Å². The highest BCUT2D eigenvalue weighted by Gasteiger charge is 2.41. The van der Waals surface area contributed by atoms with Gasteiger partial charge in [-0.1, -0.05) is 44.2 Å². The number of nitrogens with one attached hydrogen (secondary N) is 1. The van der Waals surface area contributed by atoms with Crippen LogP contribution < -0.4 is 5.32 Å². The van der Waals surface area contributed by atoms with E-state index in [2.05, 4.69) is 16.3 Å². The van der Waals surface area contributed by atoms with Crippen molar-refractivity contribution < 1.29 is 4.39 Å². The summed E-state index contributed by atoms with van der Waals surface area (Å²) in [7, 11) is 0. The minimum absolute atomic E-state index is 0.0208. The van der Waals surface area contributed by atoms with Gasteiger partial charge in [-0.25, -0.2) is 4.39 Å². The molecule has 1 N–H and O–H groups in total. The summed E-state index contributed by atoms with van der Waals surface area (Å²) in [5, 5.41) is 3.55. The third kappa shape index (κ3) is 3.78. The van der Waals surface area contributed by atoms with Crippen molar-refractivity contribution >= 4 is 0 Å². The molecule has 1 saturated heterocycles. The van der Waals surface area contributed by atoms with Gasteiger partial charge in [0.1, 0.15) is 5.82 Å². The molecular weight excluding hydrogens is 311 g/mol. The van der Waals surface area contributed by atoms with Gasteiger partial charge in [0.2, 0.25) is 0 Å². The number of halogens is 1. The summed E-state index contributed by atoms with van der Waals surface area (Å²) < 4.78 is 14.6. The van der Waals surface area contributed by atoms with E-state index < -0.39 is 0 Å². The Morgan fingerprint density at radius 1 is 1.04 bits per heavy atom. The Bertz CT molecular complexity index is 569. The lowest BCUT2D eigenvalue weighted by Crippen LogP contribution is -2.51. The SMILES string of the molecule is Fc1cccc2c1C1(CCN(CC3CCCCCCC3)CC1)CNC2. The van der Waals surface area contributed by atoms with E-state index in [9.17, 15) is 4.39 Å². The second-order valence-electron chi connectivity index (χ2n) is 8.67. The van der Waals surface area contributed by atoms with Gasteiger partial charge >= 0.3 is 0 Å². The second kappa shape index (κ2) is 7.75. The van der Waals surface area contributed by atoms with Crippen LogP contribution in [0.1, 0.15) is 68.9 Å². The summed E-state index contributed by atoms with van der Waals surface area (Å²) in [5.41, 5.74) is 2.23. The zero-order valence-corrected chi connectivity index (χ0v) is 15.5. The van der Waals surface area contributed by atoms with Crippen molar-refractivity contribution in [3.05, 3.63) is 35.1 Å². The maximum atomic E-state index is 14.6. The highest BCUT2D eigenvalue weighted by atomic mass is 19.1. The quantitative estimate of drug-likeness (QED) is 0.842. The fourth-order valence-electron chi connectivity index (χ4n) is 5.51. The fraction of sp³-hybridized carbons (Fsp3) is 0.727. The molecule has 3 aliphatic rings. The first-order chi connectivity index (χ1) is 12.3. The minimum atomic E-state index is 0.0208. The van der Waals surface area contributed by atoms with Crippen molar-refractivity contribution in [2.24, 2.45) is 5.92 Å². The molecule has 138 valence electrons. The molecule has 1 saturated carbocycles. The Kier molecular flexibility index (Phi) is 5.42. The highest BCUT2D eigenvalue weighted by molar-refractivity contribution is 5.39.